The van der Waals surface area contributed by atoms with Crippen molar-refractivity contribution in [1.82, 2.24) is 5.32 Å². The second-order valence-electron chi connectivity index (χ2n) is 3.71. The zero-order chi connectivity index (χ0) is 13.5. The molecular weight excluding hydrogens is 236 g/mol. The van der Waals surface area contributed by atoms with Gasteiger partial charge in [0.2, 0.25) is 5.91 Å². The lowest BCUT2D eigenvalue weighted by Gasteiger charge is -2.04. The van der Waals surface area contributed by atoms with Crippen LogP contribution in [-0.2, 0) is 4.79 Å². The fourth-order valence-electron chi connectivity index (χ4n) is 1.33. The molecule has 0 saturated carbocycles. The molecule has 0 heterocycles. The van der Waals surface area contributed by atoms with Crippen molar-refractivity contribution in [3.05, 3.63) is 35.4 Å². The van der Waals surface area contributed by atoms with E-state index in [0.717, 1.165) is 0 Å². The average molecular weight is 250 g/mol. The van der Waals surface area contributed by atoms with Gasteiger partial charge in [-0.3, -0.25) is 9.59 Å². The van der Waals surface area contributed by atoms with E-state index in [1.54, 1.807) is 0 Å². The molecule has 18 heavy (non-hydrogen) atoms. The summed E-state index contributed by atoms with van der Waals surface area (Å²) in [6, 6.07) is 5.60. The van der Waals surface area contributed by atoms with E-state index in [0.29, 0.717) is 18.5 Å². The third-order valence-corrected chi connectivity index (χ3v) is 2.28. The summed E-state index contributed by atoms with van der Waals surface area (Å²) in [7, 11) is 0. The molecule has 0 aromatic heterocycles. The van der Waals surface area contributed by atoms with Crippen LogP contribution in [0.5, 0.6) is 0 Å². The SMILES string of the molecule is NC(=O)CCCNC(=O)c1ccc(C(=O)O)cc1. The Morgan fingerprint density at radius 2 is 1.67 bits per heavy atom. The predicted molar refractivity (Wildman–Crippen MR) is 64.2 cm³/mol. The highest BCUT2D eigenvalue weighted by atomic mass is 16.4. The van der Waals surface area contributed by atoms with Gasteiger partial charge in [0.25, 0.3) is 5.91 Å². The van der Waals surface area contributed by atoms with Crippen LogP contribution in [0, 0.1) is 0 Å². The zero-order valence-corrected chi connectivity index (χ0v) is 9.68. The number of carbonyl (C=O) groups is 3. The van der Waals surface area contributed by atoms with E-state index in [4.69, 9.17) is 10.8 Å². The summed E-state index contributed by atoms with van der Waals surface area (Å²) in [4.78, 5) is 32.7. The molecule has 0 aliphatic rings. The molecule has 0 radical (unpaired) electrons. The second-order valence-corrected chi connectivity index (χ2v) is 3.71. The third kappa shape index (κ3) is 4.25. The van der Waals surface area contributed by atoms with Crippen LogP contribution in [0.15, 0.2) is 24.3 Å². The number of hydrogen-bond acceptors (Lipinski definition) is 3. The summed E-state index contributed by atoms with van der Waals surface area (Å²) < 4.78 is 0. The molecule has 2 amide bonds. The number of carboxylic acid groups (broad SMARTS) is 1. The Balaban J connectivity index is 2.46. The fraction of sp³-hybridized carbons (Fsp3) is 0.250. The van der Waals surface area contributed by atoms with Crippen LogP contribution in [0.3, 0.4) is 0 Å². The minimum atomic E-state index is -1.04. The number of hydrogen-bond donors (Lipinski definition) is 3. The third-order valence-electron chi connectivity index (χ3n) is 2.28. The van der Waals surface area contributed by atoms with Crippen LogP contribution in [-0.4, -0.2) is 29.4 Å². The maximum absolute atomic E-state index is 11.6. The number of nitrogens with one attached hydrogen (secondary N) is 1. The number of primary amides is 1. The van der Waals surface area contributed by atoms with Crippen molar-refractivity contribution >= 4 is 17.8 Å². The van der Waals surface area contributed by atoms with Crippen LogP contribution in [0.4, 0.5) is 0 Å². The Hall–Kier alpha value is -2.37. The smallest absolute Gasteiger partial charge is 0.335 e. The lowest BCUT2D eigenvalue weighted by atomic mass is 10.1. The Kier molecular flexibility index (Phi) is 4.86. The van der Waals surface area contributed by atoms with Gasteiger partial charge in [0.05, 0.1) is 5.56 Å². The summed E-state index contributed by atoms with van der Waals surface area (Å²) in [5, 5.41) is 11.3. The standard InChI is InChI=1S/C12H14N2O4/c13-10(15)2-1-7-14-11(16)8-3-5-9(6-4-8)12(17)18/h3-6H,1-2,7H2,(H2,13,15)(H,14,16)(H,17,18). The van der Waals surface area contributed by atoms with E-state index in [2.05, 4.69) is 5.32 Å². The minimum Gasteiger partial charge on any atom is -0.478 e. The van der Waals surface area contributed by atoms with E-state index in [-0.39, 0.29) is 17.9 Å². The fourth-order valence-corrected chi connectivity index (χ4v) is 1.33. The summed E-state index contributed by atoms with van der Waals surface area (Å²) in [5.74, 6) is -1.75. The molecule has 0 aliphatic heterocycles. The van der Waals surface area contributed by atoms with Crippen LogP contribution in [0.25, 0.3) is 0 Å². The largest absolute Gasteiger partial charge is 0.478 e. The highest BCUT2D eigenvalue weighted by Gasteiger charge is 2.07. The molecule has 0 aliphatic carbocycles. The number of nitrogens with two attached hydrogens (primary N) is 1. The van der Waals surface area contributed by atoms with Crippen molar-refractivity contribution in [2.75, 3.05) is 6.54 Å². The number of aromatic carboxylic acids is 1. The van der Waals surface area contributed by atoms with Crippen LogP contribution >= 0.6 is 0 Å². The highest BCUT2D eigenvalue weighted by Crippen LogP contribution is 2.04. The van der Waals surface area contributed by atoms with Crippen molar-refractivity contribution in [1.29, 1.82) is 0 Å². The first-order valence-corrected chi connectivity index (χ1v) is 5.40. The average Bonchev–Trinajstić information content (AvgIpc) is 2.34. The van der Waals surface area contributed by atoms with E-state index in [1.165, 1.54) is 24.3 Å². The molecule has 1 aromatic carbocycles. The Bertz CT molecular complexity index is 454. The van der Waals surface area contributed by atoms with Gasteiger partial charge in [-0.05, 0) is 30.7 Å². The van der Waals surface area contributed by atoms with Gasteiger partial charge in [0.1, 0.15) is 0 Å². The van der Waals surface area contributed by atoms with Gasteiger partial charge < -0.3 is 16.2 Å². The first kappa shape index (κ1) is 13.7. The Morgan fingerprint density at radius 1 is 1.11 bits per heavy atom. The molecule has 0 spiro atoms. The quantitative estimate of drug-likeness (QED) is 0.634. The molecule has 1 aromatic rings. The molecule has 0 atom stereocenters. The van der Waals surface area contributed by atoms with Crippen molar-refractivity contribution in [2.45, 2.75) is 12.8 Å². The van der Waals surface area contributed by atoms with Gasteiger partial charge in [-0.15, -0.1) is 0 Å². The molecule has 1 rings (SSSR count). The van der Waals surface area contributed by atoms with Gasteiger partial charge in [0.15, 0.2) is 0 Å². The first-order valence-electron chi connectivity index (χ1n) is 5.40. The summed E-state index contributed by atoms with van der Waals surface area (Å²) >= 11 is 0. The van der Waals surface area contributed by atoms with Gasteiger partial charge in [0, 0.05) is 18.5 Å². The van der Waals surface area contributed by atoms with E-state index in [1.807, 2.05) is 0 Å². The molecule has 6 heteroatoms. The van der Waals surface area contributed by atoms with Crippen molar-refractivity contribution in [3.63, 3.8) is 0 Å². The monoisotopic (exact) mass is 250 g/mol. The number of benzene rings is 1. The molecule has 0 unspecified atom stereocenters. The molecule has 0 fully saturated rings. The summed E-state index contributed by atoms with van der Waals surface area (Å²) in [6.07, 6.45) is 0.701. The highest BCUT2D eigenvalue weighted by molar-refractivity contribution is 5.95. The number of amides is 2. The van der Waals surface area contributed by atoms with Crippen LogP contribution in [0.1, 0.15) is 33.6 Å². The van der Waals surface area contributed by atoms with Crippen molar-refractivity contribution in [3.8, 4) is 0 Å². The Labute approximate surface area is 104 Å². The van der Waals surface area contributed by atoms with Crippen molar-refractivity contribution < 1.29 is 19.5 Å². The van der Waals surface area contributed by atoms with Crippen molar-refractivity contribution in [2.24, 2.45) is 5.73 Å². The van der Waals surface area contributed by atoms with E-state index < -0.39 is 11.9 Å². The first-order chi connectivity index (χ1) is 8.50. The molecule has 6 nitrogen and oxygen atoms in total. The minimum absolute atomic E-state index is 0.125. The second kappa shape index (κ2) is 6.39. The van der Waals surface area contributed by atoms with E-state index >= 15 is 0 Å². The normalized spacial score (nSPS) is 9.78. The number of carboxylic acids is 1. The molecule has 0 bridgehead atoms. The predicted octanol–water partition coefficient (Wildman–Crippen LogP) is 0.380. The lowest BCUT2D eigenvalue weighted by Crippen LogP contribution is -2.25. The maximum Gasteiger partial charge on any atom is 0.335 e. The molecular formula is C12H14N2O4. The van der Waals surface area contributed by atoms with E-state index in [9.17, 15) is 14.4 Å². The summed E-state index contributed by atoms with van der Waals surface area (Å²) in [6.45, 7) is 0.350. The zero-order valence-electron chi connectivity index (χ0n) is 9.68. The van der Waals surface area contributed by atoms with Gasteiger partial charge in [-0.1, -0.05) is 0 Å². The molecule has 4 N–H and O–H groups in total. The van der Waals surface area contributed by atoms with Crippen LogP contribution in [0.2, 0.25) is 0 Å². The lowest BCUT2D eigenvalue weighted by molar-refractivity contribution is -0.118. The molecule has 96 valence electrons. The Morgan fingerprint density at radius 3 is 2.17 bits per heavy atom. The molecule has 0 saturated heterocycles. The van der Waals surface area contributed by atoms with Gasteiger partial charge in [-0.2, -0.15) is 0 Å². The van der Waals surface area contributed by atoms with Crippen LogP contribution < -0.4 is 11.1 Å². The topological polar surface area (TPSA) is 109 Å². The number of carbonyl (C=O) groups excluding carboxylic acids is 2. The van der Waals surface area contributed by atoms with Gasteiger partial charge in [-0.25, -0.2) is 4.79 Å². The summed E-state index contributed by atoms with van der Waals surface area (Å²) in [5.41, 5.74) is 5.46. The number of rotatable bonds is 6. The van der Waals surface area contributed by atoms with Gasteiger partial charge >= 0.3 is 5.97 Å². The maximum atomic E-state index is 11.6.